The first-order valence-corrected chi connectivity index (χ1v) is 9.60. The van der Waals surface area contributed by atoms with E-state index in [1.807, 2.05) is 6.07 Å². The molecule has 1 aromatic heterocycles. The Bertz CT molecular complexity index is 1080. The molecule has 3 aromatic rings. The van der Waals surface area contributed by atoms with Gasteiger partial charge in [-0.1, -0.05) is 18.2 Å². The van der Waals surface area contributed by atoms with Gasteiger partial charge in [0.15, 0.2) is 11.5 Å². The summed E-state index contributed by atoms with van der Waals surface area (Å²) in [6.45, 7) is 0.997. The van der Waals surface area contributed by atoms with Gasteiger partial charge in [-0.15, -0.1) is 0 Å². The van der Waals surface area contributed by atoms with Crippen LogP contribution < -0.4 is 4.74 Å². The number of carbonyl (C=O) groups is 1. The monoisotopic (exact) mass is 409 g/mol. The van der Waals surface area contributed by atoms with Crippen molar-refractivity contribution in [2.75, 3.05) is 27.4 Å². The lowest BCUT2D eigenvalue weighted by Crippen LogP contribution is -2.31. The zero-order chi connectivity index (χ0) is 21.3. The molecular weight excluding hydrogens is 386 g/mol. The van der Waals surface area contributed by atoms with Crippen molar-refractivity contribution in [2.24, 2.45) is 0 Å². The number of hydrogen-bond donors (Lipinski definition) is 3. The highest BCUT2D eigenvalue weighted by Crippen LogP contribution is 2.45. The van der Waals surface area contributed by atoms with E-state index in [-0.39, 0.29) is 17.4 Å². The smallest absolute Gasteiger partial charge is 0.273 e. The Hall–Kier alpha value is -3.52. The van der Waals surface area contributed by atoms with Crippen molar-refractivity contribution in [3.05, 3.63) is 59.3 Å². The number of methoxy groups -OCH3 is 2. The number of fused-ring (bicyclic) bond motifs is 1. The normalized spacial score (nSPS) is 15.5. The average Bonchev–Trinajstić information content (AvgIpc) is 3.29. The van der Waals surface area contributed by atoms with Crippen LogP contribution in [0.5, 0.6) is 17.2 Å². The van der Waals surface area contributed by atoms with E-state index in [1.165, 1.54) is 7.11 Å². The fraction of sp³-hybridized carbons (Fsp3) is 0.273. The molecule has 0 spiro atoms. The van der Waals surface area contributed by atoms with Crippen molar-refractivity contribution in [2.45, 2.75) is 12.5 Å². The minimum atomic E-state index is -0.452. The molecule has 2 aromatic carbocycles. The number of aromatic hydroxyl groups is 2. The van der Waals surface area contributed by atoms with Crippen LogP contribution in [-0.2, 0) is 4.74 Å². The van der Waals surface area contributed by atoms with E-state index in [0.717, 1.165) is 5.56 Å². The summed E-state index contributed by atoms with van der Waals surface area (Å²) in [4.78, 5) is 14.9. The number of ether oxygens (including phenoxy) is 2. The molecule has 0 aliphatic carbocycles. The molecule has 1 amide bonds. The topological polar surface area (TPSA) is 108 Å². The molecule has 0 fully saturated rings. The molecule has 1 aliphatic heterocycles. The summed E-state index contributed by atoms with van der Waals surface area (Å²) in [5.74, 6) is 0.245. The van der Waals surface area contributed by atoms with Gasteiger partial charge in [0.2, 0.25) is 0 Å². The van der Waals surface area contributed by atoms with Gasteiger partial charge in [-0.25, -0.2) is 0 Å². The van der Waals surface area contributed by atoms with E-state index < -0.39 is 6.04 Å². The molecule has 0 saturated heterocycles. The number of amides is 1. The second kappa shape index (κ2) is 8.08. The number of carbonyl (C=O) groups excluding carboxylic acids is 1. The quantitative estimate of drug-likeness (QED) is 0.518. The van der Waals surface area contributed by atoms with Crippen molar-refractivity contribution >= 4 is 5.91 Å². The van der Waals surface area contributed by atoms with Crippen molar-refractivity contribution in [3.63, 3.8) is 0 Å². The van der Waals surface area contributed by atoms with Crippen LogP contribution in [-0.4, -0.2) is 58.6 Å². The Labute approximate surface area is 173 Å². The van der Waals surface area contributed by atoms with Crippen LogP contribution in [0.1, 0.15) is 34.1 Å². The number of phenolic OH excluding ortho intramolecular Hbond substituents is 2. The number of phenols is 2. The van der Waals surface area contributed by atoms with Crippen LogP contribution in [0, 0.1) is 0 Å². The van der Waals surface area contributed by atoms with Gasteiger partial charge in [0.25, 0.3) is 5.91 Å². The van der Waals surface area contributed by atoms with Crippen LogP contribution in [0.25, 0.3) is 11.3 Å². The molecule has 1 atom stereocenters. The summed E-state index contributed by atoms with van der Waals surface area (Å²) in [6, 6.07) is 11.5. The van der Waals surface area contributed by atoms with E-state index in [9.17, 15) is 15.0 Å². The molecule has 1 aliphatic rings. The minimum Gasteiger partial charge on any atom is -0.507 e. The number of nitrogens with zero attached hydrogens (tertiary/aromatic N) is 2. The Balaban J connectivity index is 1.86. The van der Waals surface area contributed by atoms with Crippen LogP contribution in [0.3, 0.4) is 0 Å². The molecule has 0 unspecified atom stereocenters. The Morgan fingerprint density at radius 3 is 2.67 bits per heavy atom. The third-order valence-corrected chi connectivity index (χ3v) is 5.29. The van der Waals surface area contributed by atoms with Gasteiger partial charge >= 0.3 is 0 Å². The maximum Gasteiger partial charge on any atom is 0.273 e. The minimum absolute atomic E-state index is 0.0184. The lowest BCUT2D eigenvalue weighted by atomic mass is 9.95. The molecule has 3 N–H and O–H groups in total. The summed E-state index contributed by atoms with van der Waals surface area (Å²) in [5, 5.41) is 27.6. The molecule has 0 bridgehead atoms. The Morgan fingerprint density at radius 2 is 1.93 bits per heavy atom. The molecular formula is C22H23N3O5. The zero-order valence-corrected chi connectivity index (χ0v) is 16.8. The number of aromatic amines is 1. The number of nitrogens with one attached hydrogen (secondary N) is 1. The molecule has 156 valence electrons. The maximum atomic E-state index is 13.2. The first-order chi connectivity index (χ1) is 14.6. The molecule has 8 nitrogen and oxygen atoms in total. The lowest BCUT2D eigenvalue weighted by molar-refractivity contribution is 0.0723. The van der Waals surface area contributed by atoms with Gasteiger partial charge in [0.1, 0.15) is 17.1 Å². The summed E-state index contributed by atoms with van der Waals surface area (Å²) in [6.07, 6.45) is 0.664. The summed E-state index contributed by atoms with van der Waals surface area (Å²) < 4.78 is 10.4. The SMILES string of the molecule is COCCCN1C(=O)c2[nH]nc(-c3ccccc3O)c2[C@@H]1c1ccc(O)c(OC)c1. The Kier molecular flexibility index (Phi) is 5.33. The van der Waals surface area contributed by atoms with Crippen LogP contribution in [0.2, 0.25) is 0 Å². The maximum absolute atomic E-state index is 13.2. The number of aromatic nitrogens is 2. The van der Waals surface area contributed by atoms with Crippen molar-refractivity contribution < 1.29 is 24.5 Å². The number of para-hydroxylation sites is 1. The number of benzene rings is 2. The van der Waals surface area contributed by atoms with Gasteiger partial charge in [-0.2, -0.15) is 5.10 Å². The van der Waals surface area contributed by atoms with Crippen LogP contribution in [0.4, 0.5) is 0 Å². The van der Waals surface area contributed by atoms with Crippen LogP contribution >= 0.6 is 0 Å². The Morgan fingerprint density at radius 1 is 1.13 bits per heavy atom. The molecule has 8 heteroatoms. The van der Waals surface area contributed by atoms with Crippen LogP contribution in [0.15, 0.2) is 42.5 Å². The summed E-state index contributed by atoms with van der Waals surface area (Å²) >= 11 is 0. The highest BCUT2D eigenvalue weighted by molar-refractivity contribution is 6.00. The van der Waals surface area contributed by atoms with E-state index in [1.54, 1.807) is 48.4 Å². The fourth-order valence-corrected chi connectivity index (χ4v) is 3.90. The van der Waals surface area contributed by atoms with Gasteiger partial charge in [-0.05, 0) is 36.2 Å². The second-order valence-corrected chi connectivity index (χ2v) is 7.06. The van der Waals surface area contributed by atoms with Gasteiger partial charge < -0.3 is 24.6 Å². The average molecular weight is 409 g/mol. The number of rotatable bonds is 7. The first kappa shape index (κ1) is 19.8. The number of hydrogen-bond acceptors (Lipinski definition) is 6. The lowest BCUT2D eigenvalue weighted by Gasteiger charge is -2.26. The van der Waals surface area contributed by atoms with E-state index in [0.29, 0.717) is 47.8 Å². The first-order valence-electron chi connectivity index (χ1n) is 9.60. The molecule has 0 radical (unpaired) electrons. The summed E-state index contributed by atoms with van der Waals surface area (Å²) in [5.41, 5.74) is 2.90. The third kappa shape index (κ3) is 3.25. The summed E-state index contributed by atoms with van der Waals surface area (Å²) in [7, 11) is 3.10. The highest BCUT2D eigenvalue weighted by Gasteiger charge is 2.42. The second-order valence-electron chi connectivity index (χ2n) is 7.06. The van der Waals surface area contributed by atoms with E-state index >= 15 is 0 Å². The fourth-order valence-electron chi connectivity index (χ4n) is 3.90. The van der Waals surface area contributed by atoms with Gasteiger partial charge in [0.05, 0.1) is 13.2 Å². The highest BCUT2D eigenvalue weighted by atomic mass is 16.5. The van der Waals surface area contributed by atoms with Crippen molar-refractivity contribution in [1.82, 2.24) is 15.1 Å². The van der Waals surface area contributed by atoms with Crippen molar-refractivity contribution in [1.29, 1.82) is 0 Å². The predicted molar refractivity (Wildman–Crippen MR) is 110 cm³/mol. The largest absolute Gasteiger partial charge is 0.507 e. The molecule has 2 heterocycles. The zero-order valence-electron chi connectivity index (χ0n) is 16.8. The van der Waals surface area contributed by atoms with Gasteiger partial charge in [0, 0.05) is 31.4 Å². The van der Waals surface area contributed by atoms with E-state index in [2.05, 4.69) is 10.2 Å². The van der Waals surface area contributed by atoms with Gasteiger partial charge in [-0.3, -0.25) is 9.89 Å². The standard InChI is InChI=1S/C22H23N3O5/c1-29-11-5-10-25-21(13-8-9-16(27)17(12-13)30-2)18-19(23-24-20(18)22(25)28)14-6-3-4-7-15(14)26/h3-4,6-9,12,21,26-27H,5,10-11H2,1-2H3,(H,23,24)/t21-/m0/s1. The number of H-pyrrole nitrogens is 1. The predicted octanol–water partition coefficient (Wildman–Crippen LogP) is 3.08. The molecule has 30 heavy (non-hydrogen) atoms. The molecule has 4 rings (SSSR count). The van der Waals surface area contributed by atoms with Crippen molar-refractivity contribution in [3.8, 4) is 28.5 Å². The van der Waals surface area contributed by atoms with E-state index in [4.69, 9.17) is 9.47 Å². The molecule has 0 saturated carbocycles. The third-order valence-electron chi connectivity index (χ3n) is 5.29.